The number of amides is 4. The molecule has 15 heteroatoms. The average molecular weight is 783 g/mol. The van der Waals surface area contributed by atoms with Gasteiger partial charge in [0.05, 0.1) is 12.1 Å². The molecular weight excluding hydrogens is 701 g/mol. The summed E-state index contributed by atoms with van der Waals surface area (Å²) in [6.07, 6.45) is 4.85. The first-order valence-electron chi connectivity index (χ1n) is 21.0. The standard InChI is InChI=1S/C40H82N10O5/c1-26(2)36(51)31(18-13-23-43-27(3)4)47-38(53)34(19-14-24-44-28(5)6)50-39(54)33(17-12-22-42)48-40(55)35(20-15-25-45-29(7)8)49-37(52)32(16-11-21-41)46-30(9)10/h26-35,43-46H,11-25,41-42H2,1-10H3,(H,47,53)(H,48,55)(H,49,52)(H,50,54). The molecule has 5 atom stereocenters. The lowest BCUT2D eigenvalue weighted by Gasteiger charge is -2.28. The number of hydrogen-bond donors (Lipinski definition) is 10. The Morgan fingerprint density at radius 2 is 0.691 bits per heavy atom. The maximum Gasteiger partial charge on any atom is 0.243 e. The molecule has 55 heavy (non-hydrogen) atoms. The predicted octanol–water partition coefficient (Wildman–Crippen LogP) is 1.33. The van der Waals surface area contributed by atoms with Crippen LogP contribution in [0.3, 0.4) is 0 Å². The van der Waals surface area contributed by atoms with Gasteiger partial charge in [-0.05, 0) is 96.9 Å². The summed E-state index contributed by atoms with van der Waals surface area (Å²) in [6.45, 7) is 22.5. The fourth-order valence-corrected chi connectivity index (χ4v) is 6.01. The Morgan fingerprint density at radius 1 is 0.400 bits per heavy atom. The van der Waals surface area contributed by atoms with E-state index in [0.717, 1.165) is 0 Å². The highest BCUT2D eigenvalue weighted by Crippen LogP contribution is 2.10. The zero-order chi connectivity index (χ0) is 41.9. The smallest absolute Gasteiger partial charge is 0.243 e. The molecule has 0 aromatic carbocycles. The molecule has 5 unspecified atom stereocenters. The van der Waals surface area contributed by atoms with Crippen LogP contribution in [0.1, 0.15) is 133 Å². The van der Waals surface area contributed by atoms with Crippen LogP contribution in [0.15, 0.2) is 0 Å². The summed E-state index contributed by atoms with van der Waals surface area (Å²) in [7, 11) is 0. The SMILES string of the molecule is CC(C)NCCCC(NC(=O)C(CCCN)NC(C)C)C(=O)NC(CCCN)C(=O)NC(CCCNC(C)C)C(=O)NC(CCCNC(C)C)C(=O)C(C)C. The number of carbonyl (C=O) groups is 5. The van der Waals surface area contributed by atoms with Crippen LogP contribution >= 0.6 is 0 Å². The third-order valence-corrected chi connectivity index (χ3v) is 9.04. The summed E-state index contributed by atoms with van der Waals surface area (Å²) in [5, 5.41) is 25.0. The van der Waals surface area contributed by atoms with E-state index in [2.05, 4.69) is 56.4 Å². The van der Waals surface area contributed by atoms with E-state index in [1.807, 2.05) is 55.4 Å². The summed E-state index contributed by atoms with van der Waals surface area (Å²) in [5.74, 6) is -2.12. The van der Waals surface area contributed by atoms with Gasteiger partial charge in [-0.25, -0.2) is 0 Å². The topological polar surface area (TPSA) is 234 Å². The lowest BCUT2D eigenvalue weighted by atomic mass is 9.97. The highest BCUT2D eigenvalue weighted by molar-refractivity contribution is 5.96. The van der Waals surface area contributed by atoms with Crippen molar-refractivity contribution in [3.05, 3.63) is 0 Å². The van der Waals surface area contributed by atoms with Crippen molar-refractivity contribution in [1.29, 1.82) is 0 Å². The fraction of sp³-hybridized carbons (Fsp3) is 0.875. The maximum absolute atomic E-state index is 14.0. The summed E-state index contributed by atoms with van der Waals surface area (Å²) < 4.78 is 0. The zero-order valence-electron chi connectivity index (χ0n) is 36.1. The molecule has 322 valence electrons. The molecule has 0 heterocycles. The first kappa shape index (κ1) is 52.3. The molecule has 0 spiro atoms. The maximum atomic E-state index is 14.0. The molecule has 0 bridgehead atoms. The van der Waals surface area contributed by atoms with Crippen molar-refractivity contribution in [2.24, 2.45) is 17.4 Å². The van der Waals surface area contributed by atoms with Crippen molar-refractivity contribution in [1.82, 2.24) is 42.5 Å². The van der Waals surface area contributed by atoms with Crippen LogP contribution in [0.5, 0.6) is 0 Å². The van der Waals surface area contributed by atoms with E-state index >= 15 is 0 Å². The van der Waals surface area contributed by atoms with Crippen LogP contribution in [0.4, 0.5) is 0 Å². The van der Waals surface area contributed by atoms with Crippen LogP contribution < -0.4 is 54.0 Å². The molecule has 0 rings (SSSR count). The molecule has 0 aromatic rings. The van der Waals surface area contributed by atoms with Gasteiger partial charge in [0.1, 0.15) is 18.1 Å². The van der Waals surface area contributed by atoms with Crippen LogP contribution in [0.2, 0.25) is 0 Å². The number of carbonyl (C=O) groups excluding carboxylic acids is 5. The molecule has 12 N–H and O–H groups in total. The van der Waals surface area contributed by atoms with Crippen LogP contribution in [-0.4, -0.2) is 117 Å². The van der Waals surface area contributed by atoms with Gasteiger partial charge in [0.25, 0.3) is 0 Å². The fourth-order valence-electron chi connectivity index (χ4n) is 6.01. The minimum absolute atomic E-state index is 0.0346. The molecule has 0 aliphatic rings. The Hall–Kier alpha value is -2.69. The van der Waals surface area contributed by atoms with Gasteiger partial charge in [-0.2, -0.15) is 0 Å². The van der Waals surface area contributed by atoms with Crippen molar-refractivity contribution < 1.29 is 24.0 Å². The van der Waals surface area contributed by atoms with E-state index in [4.69, 9.17) is 11.5 Å². The lowest BCUT2D eigenvalue weighted by Crippen LogP contribution is -2.59. The Labute approximate surface area is 333 Å². The zero-order valence-corrected chi connectivity index (χ0v) is 36.1. The van der Waals surface area contributed by atoms with Crippen LogP contribution in [0.25, 0.3) is 0 Å². The summed E-state index contributed by atoms with van der Waals surface area (Å²) in [4.78, 5) is 68.6. The number of nitrogens with two attached hydrogens (primary N) is 2. The summed E-state index contributed by atoms with van der Waals surface area (Å²) in [6, 6.07) is -3.25. The second kappa shape index (κ2) is 30.4. The Morgan fingerprint density at radius 3 is 1.00 bits per heavy atom. The largest absolute Gasteiger partial charge is 0.344 e. The van der Waals surface area contributed by atoms with Gasteiger partial charge >= 0.3 is 0 Å². The van der Waals surface area contributed by atoms with Crippen LogP contribution in [-0.2, 0) is 24.0 Å². The minimum Gasteiger partial charge on any atom is -0.344 e. The molecule has 0 radical (unpaired) electrons. The monoisotopic (exact) mass is 783 g/mol. The molecule has 0 saturated carbocycles. The van der Waals surface area contributed by atoms with Gasteiger partial charge in [0, 0.05) is 30.1 Å². The van der Waals surface area contributed by atoms with Crippen molar-refractivity contribution in [3.8, 4) is 0 Å². The number of ketones is 1. The van der Waals surface area contributed by atoms with E-state index in [-0.39, 0.29) is 42.2 Å². The van der Waals surface area contributed by atoms with Crippen molar-refractivity contribution >= 4 is 29.4 Å². The second-order valence-electron chi connectivity index (χ2n) is 16.3. The molecule has 0 aliphatic carbocycles. The van der Waals surface area contributed by atoms with Gasteiger partial charge in [-0.15, -0.1) is 0 Å². The summed E-state index contributed by atoms with van der Waals surface area (Å²) >= 11 is 0. The first-order chi connectivity index (χ1) is 25.9. The second-order valence-corrected chi connectivity index (χ2v) is 16.3. The number of Topliss-reactive ketones (excluding diaryl/α,β-unsaturated/α-hetero) is 1. The number of hydrogen-bond acceptors (Lipinski definition) is 11. The van der Waals surface area contributed by atoms with E-state index in [0.29, 0.717) is 96.6 Å². The van der Waals surface area contributed by atoms with E-state index in [9.17, 15) is 24.0 Å². The predicted molar refractivity (Wildman–Crippen MR) is 223 cm³/mol. The molecule has 0 aromatic heterocycles. The molecule has 4 amide bonds. The van der Waals surface area contributed by atoms with Crippen molar-refractivity contribution in [2.75, 3.05) is 32.7 Å². The quantitative estimate of drug-likeness (QED) is 0.0427. The highest BCUT2D eigenvalue weighted by Gasteiger charge is 2.32. The first-order valence-corrected chi connectivity index (χ1v) is 21.0. The van der Waals surface area contributed by atoms with Crippen LogP contribution in [0, 0.1) is 5.92 Å². The minimum atomic E-state index is -1.01. The van der Waals surface area contributed by atoms with E-state index in [1.165, 1.54) is 0 Å². The van der Waals surface area contributed by atoms with Gasteiger partial charge in [-0.1, -0.05) is 69.2 Å². The molecule has 0 saturated heterocycles. The molecule has 0 fully saturated rings. The highest BCUT2D eigenvalue weighted by atomic mass is 16.2. The number of nitrogens with one attached hydrogen (secondary N) is 8. The third-order valence-electron chi connectivity index (χ3n) is 9.04. The normalized spacial score (nSPS) is 14.6. The molecule has 0 aliphatic heterocycles. The summed E-state index contributed by atoms with van der Waals surface area (Å²) in [5.41, 5.74) is 11.6. The lowest BCUT2D eigenvalue weighted by molar-refractivity contribution is -0.135. The average Bonchev–Trinajstić information content (AvgIpc) is 3.10. The Bertz CT molecular complexity index is 1090. The van der Waals surface area contributed by atoms with Gasteiger partial charge in [-0.3, -0.25) is 24.0 Å². The van der Waals surface area contributed by atoms with Gasteiger partial charge < -0.3 is 54.0 Å². The van der Waals surface area contributed by atoms with E-state index < -0.39 is 47.9 Å². The van der Waals surface area contributed by atoms with E-state index in [1.54, 1.807) is 0 Å². The number of rotatable bonds is 33. The molecule has 15 nitrogen and oxygen atoms in total. The Kier molecular flexibility index (Phi) is 29.0. The molecular formula is C40H82N10O5. The van der Waals surface area contributed by atoms with Crippen molar-refractivity contribution in [3.63, 3.8) is 0 Å². The van der Waals surface area contributed by atoms with Gasteiger partial charge in [0.15, 0.2) is 5.78 Å². The van der Waals surface area contributed by atoms with Crippen molar-refractivity contribution in [2.45, 2.75) is 188 Å². The Balaban J connectivity index is 6.29. The van der Waals surface area contributed by atoms with Gasteiger partial charge in [0.2, 0.25) is 23.6 Å². The third kappa shape index (κ3) is 25.2.